The van der Waals surface area contributed by atoms with E-state index in [0.717, 1.165) is 0 Å². The van der Waals surface area contributed by atoms with Gasteiger partial charge in [-0.15, -0.1) is 10.2 Å². The van der Waals surface area contributed by atoms with Crippen LogP contribution in [-0.2, 0) is 6.61 Å². The van der Waals surface area contributed by atoms with Crippen LogP contribution in [0.3, 0.4) is 0 Å². The van der Waals surface area contributed by atoms with Gasteiger partial charge in [-0.1, -0.05) is 17.3 Å². The molecule has 1 heterocycles. The van der Waals surface area contributed by atoms with Crippen LogP contribution in [0.4, 0.5) is 4.39 Å². The molecule has 2 aromatic rings. The Kier molecular flexibility index (Phi) is 2.35. The van der Waals surface area contributed by atoms with Gasteiger partial charge in [0.1, 0.15) is 0 Å². The highest BCUT2D eigenvalue weighted by Gasteiger charge is 2.03. The Morgan fingerprint density at radius 1 is 1.36 bits per heavy atom. The summed E-state index contributed by atoms with van der Waals surface area (Å²) in [5.41, 5.74) is 0. The standard InChI is InChI=1S/C8H7FN4O/c9-6-3-1-2-4-7(6)14-5-8-10-12-13-11-8/h1-4H,5H2,(H,10,11,12,13). The van der Waals surface area contributed by atoms with Gasteiger partial charge < -0.3 is 4.74 Å². The lowest BCUT2D eigenvalue weighted by Crippen LogP contribution is -1.99. The molecule has 14 heavy (non-hydrogen) atoms. The maximum absolute atomic E-state index is 13.0. The van der Waals surface area contributed by atoms with Crippen molar-refractivity contribution in [3.63, 3.8) is 0 Å². The van der Waals surface area contributed by atoms with E-state index in [1.165, 1.54) is 12.1 Å². The van der Waals surface area contributed by atoms with Crippen LogP contribution in [0.25, 0.3) is 0 Å². The molecule has 2 rings (SSSR count). The second kappa shape index (κ2) is 3.82. The fourth-order valence-electron chi connectivity index (χ4n) is 0.948. The zero-order chi connectivity index (χ0) is 9.80. The van der Waals surface area contributed by atoms with Crippen LogP contribution in [0.15, 0.2) is 24.3 Å². The quantitative estimate of drug-likeness (QED) is 0.789. The molecule has 0 aliphatic heterocycles. The van der Waals surface area contributed by atoms with Gasteiger partial charge in [-0.3, -0.25) is 0 Å². The van der Waals surface area contributed by atoms with Gasteiger partial charge in [0.15, 0.2) is 18.2 Å². The van der Waals surface area contributed by atoms with Crippen LogP contribution >= 0.6 is 0 Å². The van der Waals surface area contributed by atoms with E-state index in [0.29, 0.717) is 5.82 Å². The minimum absolute atomic E-state index is 0.0947. The first-order valence-corrected chi connectivity index (χ1v) is 3.96. The third kappa shape index (κ3) is 1.85. The number of tetrazole rings is 1. The number of nitrogens with zero attached hydrogens (tertiary/aromatic N) is 3. The smallest absolute Gasteiger partial charge is 0.211 e. The summed E-state index contributed by atoms with van der Waals surface area (Å²) in [6.07, 6.45) is 0. The Hall–Kier alpha value is -1.98. The van der Waals surface area contributed by atoms with Gasteiger partial charge in [0.2, 0.25) is 5.82 Å². The highest BCUT2D eigenvalue weighted by atomic mass is 19.1. The first kappa shape index (κ1) is 8.61. The van der Waals surface area contributed by atoms with Gasteiger partial charge in [0.25, 0.3) is 0 Å². The molecule has 0 radical (unpaired) electrons. The van der Waals surface area contributed by atoms with E-state index >= 15 is 0 Å². The predicted octanol–water partition coefficient (Wildman–Crippen LogP) is 0.918. The van der Waals surface area contributed by atoms with Crippen molar-refractivity contribution in [2.45, 2.75) is 6.61 Å². The summed E-state index contributed by atoms with van der Waals surface area (Å²) in [4.78, 5) is 0. The van der Waals surface area contributed by atoms with Crippen molar-refractivity contribution in [2.24, 2.45) is 0 Å². The lowest BCUT2D eigenvalue weighted by molar-refractivity contribution is 0.281. The number of hydrogen-bond acceptors (Lipinski definition) is 4. The van der Waals surface area contributed by atoms with Gasteiger partial charge in [0.05, 0.1) is 0 Å². The van der Waals surface area contributed by atoms with Crippen molar-refractivity contribution in [2.75, 3.05) is 0 Å². The minimum Gasteiger partial charge on any atom is -0.482 e. The van der Waals surface area contributed by atoms with E-state index in [-0.39, 0.29) is 12.4 Å². The molecule has 6 heteroatoms. The van der Waals surface area contributed by atoms with Gasteiger partial charge in [-0.05, 0) is 12.1 Å². The highest BCUT2D eigenvalue weighted by molar-refractivity contribution is 5.23. The molecule has 1 aromatic carbocycles. The summed E-state index contributed by atoms with van der Waals surface area (Å²) in [7, 11) is 0. The summed E-state index contributed by atoms with van der Waals surface area (Å²) >= 11 is 0. The van der Waals surface area contributed by atoms with Crippen LogP contribution in [0.5, 0.6) is 5.75 Å². The van der Waals surface area contributed by atoms with E-state index in [1.54, 1.807) is 12.1 Å². The fraction of sp³-hybridized carbons (Fsp3) is 0.125. The number of benzene rings is 1. The molecule has 72 valence electrons. The van der Waals surface area contributed by atoms with Crippen LogP contribution in [-0.4, -0.2) is 20.6 Å². The Bertz CT molecular complexity index is 403. The number of H-pyrrole nitrogens is 1. The lowest BCUT2D eigenvalue weighted by Gasteiger charge is -2.03. The molecule has 0 saturated carbocycles. The summed E-state index contributed by atoms with van der Waals surface area (Å²) in [5, 5.41) is 13.0. The van der Waals surface area contributed by atoms with Gasteiger partial charge in [-0.25, -0.2) is 4.39 Å². The lowest BCUT2D eigenvalue weighted by atomic mass is 10.3. The summed E-state index contributed by atoms with van der Waals surface area (Å²) in [6, 6.07) is 6.14. The summed E-state index contributed by atoms with van der Waals surface area (Å²) in [6.45, 7) is 0.0947. The van der Waals surface area contributed by atoms with E-state index in [2.05, 4.69) is 20.6 Å². The maximum atomic E-state index is 13.0. The zero-order valence-electron chi connectivity index (χ0n) is 7.14. The third-order valence-corrected chi connectivity index (χ3v) is 1.58. The van der Waals surface area contributed by atoms with E-state index in [4.69, 9.17) is 4.74 Å². The van der Waals surface area contributed by atoms with E-state index in [1.807, 2.05) is 0 Å². The Morgan fingerprint density at radius 3 is 2.93 bits per heavy atom. The van der Waals surface area contributed by atoms with Crippen molar-refractivity contribution in [1.29, 1.82) is 0 Å². The molecule has 0 spiro atoms. The van der Waals surface area contributed by atoms with Crippen molar-refractivity contribution < 1.29 is 9.13 Å². The first-order chi connectivity index (χ1) is 6.86. The van der Waals surface area contributed by atoms with Crippen molar-refractivity contribution in [3.05, 3.63) is 35.9 Å². The Balaban J connectivity index is 2.02. The molecule has 1 N–H and O–H groups in total. The molecule has 0 aliphatic carbocycles. The van der Waals surface area contributed by atoms with Crippen molar-refractivity contribution in [3.8, 4) is 5.75 Å². The summed E-state index contributed by atoms with van der Waals surface area (Å²) < 4.78 is 18.2. The van der Waals surface area contributed by atoms with Crippen molar-refractivity contribution in [1.82, 2.24) is 20.6 Å². The second-order valence-electron chi connectivity index (χ2n) is 2.55. The topological polar surface area (TPSA) is 63.7 Å². The summed E-state index contributed by atoms with van der Waals surface area (Å²) in [5.74, 6) is 0.154. The number of ether oxygens (including phenoxy) is 1. The molecule has 0 fully saturated rings. The largest absolute Gasteiger partial charge is 0.482 e. The molecule has 0 bridgehead atoms. The normalized spacial score (nSPS) is 10.1. The molecular weight excluding hydrogens is 187 g/mol. The number of aromatic amines is 1. The second-order valence-corrected chi connectivity index (χ2v) is 2.55. The molecular formula is C8H7FN4O. The Labute approximate surface area is 78.9 Å². The SMILES string of the molecule is Fc1ccccc1OCc1nn[nH]n1. The zero-order valence-corrected chi connectivity index (χ0v) is 7.14. The van der Waals surface area contributed by atoms with Gasteiger partial charge in [-0.2, -0.15) is 5.21 Å². The average molecular weight is 194 g/mol. The monoisotopic (exact) mass is 194 g/mol. The molecule has 0 unspecified atom stereocenters. The molecule has 1 aromatic heterocycles. The molecule has 5 nitrogen and oxygen atoms in total. The number of para-hydroxylation sites is 1. The molecule has 0 aliphatic rings. The van der Waals surface area contributed by atoms with Gasteiger partial charge in [0, 0.05) is 0 Å². The van der Waals surface area contributed by atoms with Crippen LogP contribution < -0.4 is 4.74 Å². The maximum Gasteiger partial charge on any atom is 0.211 e. The highest BCUT2D eigenvalue weighted by Crippen LogP contribution is 2.15. The van der Waals surface area contributed by atoms with Gasteiger partial charge >= 0.3 is 0 Å². The molecule has 0 atom stereocenters. The van der Waals surface area contributed by atoms with E-state index < -0.39 is 5.82 Å². The predicted molar refractivity (Wildman–Crippen MR) is 44.9 cm³/mol. The molecule has 0 amide bonds. The number of halogens is 1. The number of nitrogens with one attached hydrogen (secondary N) is 1. The number of aromatic nitrogens is 4. The minimum atomic E-state index is -0.406. The molecule has 0 saturated heterocycles. The van der Waals surface area contributed by atoms with Crippen LogP contribution in [0, 0.1) is 5.82 Å². The first-order valence-electron chi connectivity index (χ1n) is 3.96. The number of hydrogen-bond donors (Lipinski definition) is 1. The van der Waals surface area contributed by atoms with Crippen molar-refractivity contribution >= 4 is 0 Å². The number of rotatable bonds is 3. The third-order valence-electron chi connectivity index (χ3n) is 1.58. The Morgan fingerprint density at radius 2 is 2.21 bits per heavy atom. The average Bonchev–Trinajstić information content (AvgIpc) is 2.69. The van der Waals surface area contributed by atoms with Crippen LogP contribution in [0.1, 0.15) is 5.82 Å². The van der Waals surface area contributed by atoms with Crippen LogP contribution in [0.2, 0.25) is 0 Å². The van der Waals surface area contributed by atoms with E-state index in [9.17, 15) is 4.39 Å². The fourth-order valence-corrected chi connectivity index (χ4v) is 0.948.